The number of nitrogens with one attached hydrogen (secondary N) is 1. The Balaban J connectivity index is 1.80. The van der Waals surface area contributed by atoms with Crippen LogP contribution in [-0.4, -0.2) is 34.5 Å². The largest absolute Gasteiger partial charge is 0.449 e. The fraction of sp³-hybridized carbons (Fsp3) is 0.650. The summed E-state index contributed by atoms with van der Waals surface area (Å²) in [6.45, 7) is 16.7. The van der Waals surface area contributed by atoms with Crippen LogP contribution in [0.15, 0.2) is 16.8 Å². The van der Waals surface area contributed by atoms with Crippen LogP contribution in [0, 0.1) is 4.77 Å². The maximum Gasteiger partial charge on any atom is 0.196 e. The third-order valence-electron chi connectivity index (χ3n) is 6.22. The van der Waals surface area contributed by atoms with Crippen molar-refractivity contribution in [1.29, 1.82) is 0 Å². The lowest BCUT2D eigenvalue weighted by Crippen LogP contribution is -2.56. The predicted octanol–water partition coefficient (Wildman–Crippen LogP) is 4.57. The molecule has 0 saturated carbocycles. The van der Waals surface area contributed by atoms with Crippen LogP contribution in [0.3, 0.4) is 0 Å². The number of hydrogen-bond donors (Lipinski definition) is 1. The molecule has 2 aromatic heterocycles. The number of H-pyrrole nitrogens is 1. The first-order chi connectivity index (χ1) is 12.7. The Morgan fingerprint density at radius 1 is 1.11 bits per heavy atom. The second-order valence-electron chi connectivity index (χ2n) is 8.68. The van der Waals surface area contributed by atoms with Gasteiger partial charge in [-0.3, -0.25) is 4.90 Å². The van der Waals surface area contributed by atoms with Crippen molar-refractivity contribution in [3.8, 4) is 0 Å². The third-order valence-corrected chi connectivity index (χ3v) is 13.1. The summed E-state index contributed by atoms with van der Waals surface area (Å²) in [7, 11) is -1.84. The summed E-state index contributed by atoms with van der Waals surface area (Å²) in [5.74, 6) is 0.976. The predicted molar refractivity (Wildman–Crippen MR) is 114 cm³/mol. The van der Waals surface area contributed by atoms with Gasteiger partial charge in [-0.1, -0.05) is 41.5 Å². The van der Waals surface area contributed by atoms with Gasteiger partial charge in [-0.25, -0.2) is 9.97 Å². The maximum atomic E-state index is 6.41. The summed E-state index contributed by atoms with van der Waals surface area (Å²) in [4.78, 5) is 14.7. The summed E-state index contributed by atoms with van der Waals surface area (Å²) >= 11 is 5.13. The maximum absolute atomic E-state index is 6.41. The van der Waals surface area contributed by atoms with E-state index in [1.54, 1.807) is 0 Å². The quantitative estimate of drug-likeness (QED) is 0.564. The van der Waals surface area contributed by atoms with Crippen molar-refractivity contribution in [2.75, 3.05) is 6.54 Å². The van der Waals surface area contributed by atoms with Gasteiger partial charge in [0, 0.05) is 37.0 Å². The molecule has 5 nitrogen and oxygen atoms in total. The molecular weight excluding hydrogens is 372 g/mol. The lowest BCUT2D eigenvalue weighted by molar-refractivity contribution is 0.224. The molecule has 3 heterocycles. The van der Waals surface area contributed by atoms with E-state index in [4.69, 9.17) is 21.6 Å². The van der Waals surface area contributed by atoms with Crippen LogP contribution in [0.1, 0.15) is 58.6 Å². The minimum atomic E-state index is -1.84. The molecule has 7 heteroatoms. The Kier molecular flexibility index (Phi) is 6.03. The molecule has 0 atom stereocenters. The normalized spacial score (nSPS) is 15.7. The molecule has 0 aromatic carbocycles. The SMILES string of the molecule is CC(C)[Si](c1ncc(CN2CCc3[nH]c(=S)ncc3C2)o1)(C(C)C)C(C)C. The molecule has 0 aliphatic carbocycles. The van der Waals surface area contributed by atoms with Crippen LogP contribution in [0.5, 0.6) is 0 Å². The van der Waals surface area contributed by atoms with Crippen LogP contribution in [0.2, 0.25) is 16.6 Å². The first-order valence-electron chi connectivity index (χ1n) is 9.99. The number of oxazole rings is 1. The minimum Gasteiger partial charge on any atom is -0.449 e. The number of rotatable bonds is 6. The molecule has 1 N–H and O–H groups in total. The molecule has 0 fully saturated rings. The van der Waals surface area contributed by atoms with E-state index in [1.807, 2.05) is 12.4 Å². The van der Waals surface area contributed by atoms with Gasteiger partial charge in [0.25, 0.3) is 0 Å². The number of nitrogens with zero attached hydrogens (tertiary/aromatic N) is 3. The molecule has 3 rings (SSSR count). The number of aromatic amines is 1. The first kappa shape index (κ1) is 20.4. The van der Waals surface area contributed by atoms with Gasteiger partial charge in [0.05, 0.1) is 12.7 Å². The summed E-state index contributed by atoms with van der Waals surface area (Å²) in [6, 6.07) is 0. The molecule has 1 aliphatic rings. The van der Waals surface area contributed by atoms with Crippen LogP contribution in [0.25, 0.3) is 0 Å². The smallest absolute Gasteiger partial charge is 0.196 e. The highest BCUT2D eigenvalue weighted by molar-refractivity contribution is 7.71. The summed E-state index contributed by atoms with van der Waals surface area (Å²) in [6.07, 6.45) is 4.82. The number of aromatic nitrogens is 3. The summed E-state index contributed by atoms with van der Waals surface area (Å²) < 4.78 is 6.98. The minimum absolute atomic E-state index is 0.569. The summed E-state index contributed by atoms with van der Waals surface area (Å²) in [5, 5.41) is 0. The molecule has 0 saturated heterocycles. The van der Waals surface area contributed by atoms with Crippen LogP contribution in [-0.2, 0) is 19.5 Å². The lowest BCUT2D eigenvalue weighted by Gasteiger charge is -2.39. The van der Waals surface area contributed by atoms with Gasteiger partial charge >= 0.3 is 0 Å². The highest BCUT2D eigenvalue weighted by Crippen LogP contribution is 2.40. The fourth-order valence-electron chi connectivity index (χ4n) is 5.08. The van der Waals surface area contributed by atoms with Crippen LogP contribution in [0.4, 0.5) is 0 Å². The Bertz CT molecular complexity index is 821. The second kappa shape index (κ2) is 7.97. The van der Waals surface area contributed by atoms with Crippen molar-refractivity contribution >= 4 is 25.8 Å². The number of hydrogen-bond acceptors (Lipinski definition) is 5. The average molecular weight is 405 g/mol. The average Bonchev–Trinajstić information content (AvgIpc) is 3.03. The van der Waals surface area contributed by atoms with E-state index >= 15 is 0 Å². The Morgan fingerprint density at radius 3 is 2.41 bits per heavy atom. The van der Waals surface area contributed by atoms with Crippen molar-refractivity contribution in [3.63, 3.8) is 0 Å². The summed E-state index contributed by atoms with van der Waals surface area (Å²) in [5.41, 5.74) is 5.26. The van der Waals surface area contributed by atoms with Crippen molar-refractivity contribution < 1.29 is 4.42 Å². The molecule has 27 heavy (non-hydrogen) atoms. The van der Waals surface area contributed by atoms with E-state index in [-0.39, 0.29) is 0 Å². The van der Waals surface area contributed by atoms with Crippen molar-refractivity contribution in [1.82, 2.24) is 19.9 Å². The van der Waals surface area contributed by atoms with Gasteiger partial charge in [0.2, 0.25) is 0 Å². The monoisotopic (exact) mass is 404 g/mol. The first-order valence-corrected chi connectivity index (χ1v) is 12.6. The van der Waals surface area contributed by atoms with E-state index in [9.17, 15) is 0 Å². The Labute approximate surface area is 168 Å². The van der Waals surface area contributed by atoms with Gasteiger partial charge in [-0.05, 0) is 28.8 Å². The van der Waals surface area contributed by atoms with Crippen molar-refractivity contribution in [2.45, 2.75) is 77.7 Å². The molecule has 2 aromatic rings. The van der Waals surface area contributed by atoms with E-state index in [2.05, 4.69) is 56.4 Å². The topological polar surface area (TPSA) is 58.0 Å². The van der Waals surface area contributed by atoms with E-state index < -0.39 is 8.07 Å². The van der Waals surface area contributed by atoms with Crippen molar-refractivity contribution in [3.05, 3.63) is 34.2 Å². The van der Waals surface area contributed by atoms with Gasteiger partial charge in [-0.2, -0.15) is 0 Å². The van der Waals surface area contributed by atoms with Crippen LogP contribution >= 0.6 is 12.2 Å². The molecule has 0 spiro atoms. The molecule has 1 aliphatic heterocycles. The van der Waals surface area contributed by atoms with E-state index in [1.165, 1.54) is 11.3 Å². The molecule has 0 radical (unpaired) electrons. The van der Waals surface area contributed by atoms with Gasteiger partial charge in [0.15, 0.2) is 18.4 Å². The van der Waals surface area contributed by atoms with Gasteiger partial charge in [-0.15, -0.1) is 0 Å². The molecular formula is C20H32N4OSSi. The number of fused-ring (bicyclic) bond motifs is 1. The highest BCUT2D eigenvalue weighted by Gasteiger charge is 2.48. The fourth-order valence-corrected chi connectivity index (χ4v) is 11.3. The lowest BCUT2D eigenvalue weighted by atomic mass is 10.1. The standard InChI is InChI=1S/C20H32N4OSSi/c1-13(2)27(14(3)4,15(5)6)20-22-10-17(25-20)12-24-8-7-18-16(11-24)9-21-19(26)23-18/h9-10,13-15H,7-8,11-12H2,1-6H3,(H,21,23,26). The Morgan fingerprint density at radius 2 is 1.78 bits per heavy atom. The van der Waals surface area contributed by atoms with E-state index in [0.29, 0.717) is 21.4 Å². The molecule has 148 valence electrons. The zero-order valence-electron chi connectivity index (χ0n) is 17.4. The van der Waals surface area contributed by atoms with Gasteiger partial charge < -0.3 is 9.40 Å². The highest BCUT2D eigenvalue weighted by atomic mass is 32.1. The molecule has 0 amide bonds. The van der Waals surface area contributed by atoms with Crippen molar-refractivity contribution in [2.24, 2.45) is 0 Å². The zero-order chi connectivity index (χ0) is 19.8. The molecule has 0 bridgehead atoms. The third kappa shape index (κ3) is 3.82. The van der Waals surface area contributed by atoms with Crippen LogP contribution < -0.4 is 5.51 Å². The van der Waals surface area contributed by atoms with Gasteiger partial charge in [0.1, 0.15) is 5.76 Å². The Hall–Kier alpha value is -1.31. The molecule has 0 unspecified atom stereocenters. The van der Waals surface area contributed by atoms with E-state index in [0.717, 1.165) is 37.3 Å². The second-order valence-corrected chi connectivity index (χ2v) is 14.8. The zero-order valence-corrected chi connectivity index (χ0v) is 19.2.